The Morgan fingerprint density at radius 3 is 2.27 bits per heavy atom. The van der Waals surface area contributed by atoms with Crippen LogP contribution in [0.5, 0.6) is 0 Å². The van der Waals surface area contributed by atoms with Crippen molar-refractivity contribution in [3.05, 3.63) is 0 Å². The molecular formula is C8H16F3NO2S. The van der Waals surface area contributed by atoms with Crippen molar-refractivity contribution in [1.82, 2.24) is 4.31 Å². The molecule has 15 heavy (non-hydrogen) atoms. The van der Waals surface area contributed by atoms with Crippen molar-refractivity contribution in [2.75, 3.05) is 13.1 Å². The molecule has 1 aliphatic rings. The van der Waals surface area contributed by atoms with Crippen molar-refractivity contribution in [2.24, 2.45) is 0 Å². The van der Waals surface area contributed by atoms with Crippen LogP contribution in [0.3, 0.4) is 0 Å². The molecular weight excluding hydrogens is 231 g/mol. The molecule has 7 heteroatoms. The van der Waals surface area contributed by atoms with E-state index in [1.807, 2.05) is 13.8 Å². The minimum atomic E-state index is -4.57. The van der Waals surface area contributed by atoms with E-state index in [1.165, 1.54) is 0 Å². The molecule has 0 spiro atoms. The highest BCUT2D eigenvalue weighted by Gasteiger charge is 2.35. The van der Waals surface area contributed by atoms with Gasteiger partial charge in [-0.25, -0.2) is 12.8 Å². The molecule has 92 valence electrons. The van der Waals surface area contributed by atoms with Gasteiger partial charge < -0.3 is 0 Å². The van der Waals surface area contributed by atoms with E-state index in [4.69, 9.17) is 0 Å². The molecule has 0 aromatic rings. The van der Waals surface area contributed by atoms with Crippen LogP contribution >= 0.6 is 0 Å². The van der Waals surface area contributed by atoms with Crippen molar-refractivity contribution in [2.45, 2.75) is 38.6 Å². The van der Waals surface area contributed by atoms with Gasteiger partial charge in [-0.1, -0.05) is 13.8 Å². The van der Waals surface area contributed by atoms with Crippen LogP contribution in [0.4, 0.5) is 13.2 Å². The smallest absolute Gasteiger partial charge is 0.246 e. The van der Waals surface area contributed by atoms with Crippen molar-refractivity contribution in [1.29, 1.82) is 0 Å². The first-order valence-electron chi connectivity index (χ1n) is 4.86. The molecule has 0 radical (unpaired) electrons. The van der Waals surface area contributed by atoms with Gasteiger partial charge in [-0.2, -0.15) is 13.1 Å². The summed E-state index contributed by atoms with van der Waals surface area (Å²) >= 11 is 0. The van der Waals surface area contributed by atoms with Gasteiger partial charge in [0.1, 0.15) is 6.17 Å². The van der Waals surface area contributed by atoms with E-state index < -0.39 is 28.5 Å². The quantitative estimate of drug-likeness (QED) is 0.748. The zero-order chi connectivity index (χ0) is 12.1. The number of halogens is 3. The molecule has 0 N–H and O–H groups in total. The van der Waals surface area contributed by atoms with Gasteiger partial charge in [-0.15, -0.1) is 0 Å². The molecule has 1 saturated heterocycles. The van der Waals surface area contributed by atoms with Gasteiger partial charge in [-0.3, -0.25) is 0 Å². The van der Waals surface area contributed by atoms with Gasteiger partial charge in [0.2, 0.25) is 0 Å². The monoisotopic (exact) mass is 247 g/mol. The zero-order valence-electron chi connectivity index (χ0n) is 8.79. The molecule has 3 nitrogen and oxygen atoms in total. The predicted octanol–water partition coefficient (Wildman–Crippen LogP) is 2.00. The number of sulfonamides is 1. The molecule has 1 fully saturated rings. The summed E-state index contributed by atoms with van der Waals surface area (Å²) in [5.74, 6) is -3.45. The van der Waals surface area contributed by atoms with Crippen LogP contribution in [0.15, 0.2) is 0 Å². The highest BCUT2D eigenvalue weighted by Crippen LogP contribution is 2.19. The lowest BCUT2D eigenvalue weighted by Gasteiger charge is -2.27. The van der Waals surface area contributed by atoms with Gasteiger partial charge in [0.05, 0.1) is 0 Å². The molecule has 1 aliphatic heterocycles. The Kier molecular flexibility index (Phi) is 6.19. The zero-order valence-corrected chi connectivity index (χ0v) is 9.61. The first-order chi connectivity index (χ1) is 6.94. The Balaban J connectivity index is 0.000000921. The summed E-state index contributed by atoms with van der Waals surface area (Å²) < 4.78 is 58.8. The average Bonchev–Trinajstić information content (AvgIpc) is 2.20. The Bertz CT molecular complexity index is 269. The van der Waals surface area contributed by atoms with Crippen molar-refractivity contribution < 1.29 is 21.6 Å². The standard InChI is InChI=1S/C6H10F3NO2S.C2H6/c7-5-2-1-3-10(4-5)13(11,12)6(8)9;1-2/h5-6H,1-4H2;1-2H3/t5-;/m0./s1. The van der Waals surface area contributed by atoms with Crippen molar-refractivity contribution in [3.8, 4) is 0 Å². The maximum absolute atomic E-state index is 12.7. The summed E-state index contributed by atoms with van der Waals surface area (Å²) in [6.07, 6.45) is -0.773. The second kappa shape index (κ2) is 6.32. The second-order valence-corrected chi connectivity index (χ2v) is 4.81. The largest absolute Gasteiger partial charge is 0.350 e. The molecule has 0 aromatic heterocycles. The van der Waals surface area contributed by atoms with Crippen LogP contribution in [0.2, 0.25) is 0 Å². The highest BCUT2D eigenvalue weighted by molar-refractivity contribution is 7.89. The molecule has 0 aliphatic carbocycles. The van der Waals surface area contributed by atoms with Gasteiger partial charge >= 0.3 is 5.76 Å². The van der Waals surface area contributed by atoms with E-state index in [2.05, 4.69) is 0 Å². The lowest BCUT2D eigenvalue weighted by atomic mass is 10.1. The fourth-order valence-electron chi connectivity index (χ4n) is 1.24. The summed E-state index contributed by atoms with van der Waals surface area (Å²) in [6, 6.07) is 0. The predicted molar refractivity (Wildman–Crippen MR) is 52.0 cm³/mol. The molecule has 0 aromatic carbocycles. The normalized spacial score (nSPS) is 23.5. The number of rotatable bonds is 2. The van der Waals surface area contributed by atoms with Crippen LogP contribution in [0, 0.1) is 0 Å². The third kappa shape index (κ3) is 3.98. The van der Waals surface area contributed by atoms with Crippen LogP contribution in [0.1, 0.15) is 26.7 Å². The topological polar surface area (TPSA) is 37.4 Å². The van der Waals surface area contributed by atoms with Gasteiger partial charge in [0, 0.05) is 13.1 Å². The van der Waals surface area contributed by atoms with Crippen LogP contribution < -0.4 is 0 Å². The molecule has 0 saturated carbocycles. The maximum Gasteiger partial charge on any atom is 0.350 e. The summed E-state index contributed by atoms with van der Waals surface area (Å²) in [6.45, 7) is 3.56. The van der Waals surface area contributed by atoms with E-state index in [0.717, 1.165) is 0 Å². The lowest BCUT2D eigenvalue weighted by Crippen LogP contribution is -2.43. The number of hydrogen-bond donors (Lipinski definition) is 0. The summed E-state index contributed by atoms with van der Waals surface area (Å²) in [5, 5.41) is 0. The van der Waals surface area contributed by atoms with E-state index >= 15 is 0 Å². The number of nitrogens with zero attached hydrogens (tertiary/aromatic N) is 1. The first-order valence-corrected chi connectivity index (χ1v) is 6.36. The SMILES string of the molecule is CC.O=S(=O)(C(F)F)N1CCC[C@H](F)C1. The van der Waals surface area contributed by atoms with Crippen LogP contribution in [0.25, 0.3) is 0 Å². The lowest BCUT2D eigenvalue weighted by molar-refractivity contribution is 0.178. The molecule has 0 unspecified atom stereocenters. The molecule has 1 heterocycles. The Morgan fingerprint density at radius 1 is 1.33 bits per heavy atom. The number of piperidine rings is 1. The fourth-order valence-corrected chi connectivity index (χ4v) is 2.21. The van der Waals surface area contributed by atoms with E-state index in [1.54, 1.807) is 0 Å². The third-order valence-corrected chi connectivity index (χ3v) is 3.41. The van der Waals surface area contributed by atoms with Gasteiger partial charge in [-0.05, 0) is 12.8 Å². The summed E-state index contributed by atoms with van der Waals surface area (Å²) in [7, 11) is -4.57. The Morgan fingerprint density at radius 2 is 1.87 bits per heavy atom. The third-order valence-electron chi connectivity index (χ3n) is 1.91. The van der Waals surface area contributed by atoms with Crippen molar-refractivity contribution in [3.63, 3.8) is 0 Å². The molecule has 0 amide bonds. The summed E-state index contributed by atoms with van der Waals surface area (Å²) in [5.41, 5.74) is 0. The number of hydrogen-bond acceptors (Lipinski definition) is 2. The average molecular weight is 247 g/mol. The number of alkyl halides is 3. The first kappa shape index (κ1) is 14.7. The maximum atomic E-state index is 12.7. The molecule has 1 atom stereocenters. The van der Waals surface area contributed by atoms with Crippen LogP contribution in [-0.4, -0.2) is 37.7 Å². The fraction of sp³-hybridized carbons (Fsp3) is 1.00. The Labute approximate surface area is 88.3 Å². The van der Waals surface area contributed by atoms with Crippen molar-refractivity contribution >= 4 is 10.0 Å². The summed E-state index contributed by atoms with van der Waals surface area (Å²) in [4.78, 5) is 0. The van der Waals surface area contributed by atoms with E-state index in [0.29, 0.717) is 10.7 Å². The van der Waals surface area contributed by atoms with E-state index in [-0.39, 0.29) is 13.0 Å². The Hall–Kier alpha value is -0.300. The highest BCUT2D eigenvalue weighted by atomic mass is 32.2. The van der Waals surface area contributed by atoms with Gasteiger partial charge in [0.25, 0.3) is 10.0 Å². The molecule has 1 rings (SSSR count). The molecule has 0 bridgehead atoms. The minimum Gasteiger partial charge on any atom is -0.246 e. The van der Waals surface area contributed by atoms with Crippen LogP contribution in [-0.2, 0) is 10.0 Å². The van der Waals surface area contributed by atoms with Gasteiger partial charge in [0.15, 0.2) is 0 Å². The van der Waals surface area contributed by atoms with E-state index in [9.17, 15) is 21.6 Å². The minimum absolute atomic E-state index is 0.00685. The second-order valence-electron chi connectivity index (χ2n) is 2.90.